The molecule has 0 bridgehead atoms. The normalized spacial score (nSPS) is 25.7. The van der Waals surface area contributed by atoms with Gasteiger partial charge in [-0.25, -0.2) is 4.79 Å². The first-order valence-corrected chi connectivity index (χ1v) is 7.00. The number of nitrogens with one attached hydrogen (secondary N) is 2. The lowest BCUT2D eigenvalue weighted by atomic mass is 9.91. The molecule has 1 aliphatic rings. The smallest absolute Gasteiger partial charge is 0.321 e. The molecule has 0 aromatic carbocycles. The average molecular weight is 271 g/mol. The minimum atomic E-state index is -0.455. The highest BCUT2D eigenvalue weighted by atomic mass is 16.3. The second-order valence-corrected chi connectivity index (χ2v) is 5.04. The van der Waals surface area contributed by atoms with Crippen LogP contribution in [0.15, 0.2) is 0 Å². The van der Waals surface area contributed by atoms with Crippen LogP contribution < -0.4 is 10.6 Å². The van der Waals surface area contributed by atoms with Gasteiger partial charge in [0, 0.05) is 19.6 Å². The summed E-state index contributed by atoms with van der Waals surface area (Å²) in [6.45, 7) is 7.49. The van der Waals surface area contributed by atoms with E-state index in [1.54, 1.807) is 13.8 Å². The van der Waals surface area contributed by atoms with Crippen LogP contribution in [0.5, 0.6) is 0 Å². The van der Waals surface area contributed by atoms with Crippen LogP contribution >= 0.6 is 0 Å². The first-order valence-electron chi connectivity index (χ1n) is 7.00. The Bertz CT molecular complexity index is 322. The number of aliphatic hydroxyl groups is 1. The highest BCUT2D eigenvalue weighted by Gasteiger charge is 2.31. The number of hydrogen-bond acceptors (Lipinski definition) is 4. The van der Waals surface area contributed by atoms with Crippen molar-refractivity contribution in [3.63, 3.8) is 0 Å². The van der Waals surface area contributed by atoms with Gasteiger partial charge in [0.05, 0.1) is 12.1 Å². The van der Waals surface area contributed by atoms with Crippen LogP contribution in [0.2, 0.25) is 0 Å². The molecule has 110 valence electrons. The Morgan fingerprint density at radius 3 is 2.68 bits per heavy atom. The van der Waals surface area contributed by atoms with Gasteiger partial charge in [0.25, 0.3) is 0 Å². The van der Waals surface area contributed by atoms with Crippen molar-refractivity contribution in [1.82, 2.24) is 15.5 Å². The molecule has 3 unspecified atom stereocenters. The van der Waals surface area contributed by atoms with Gasteiger partial charge in [-0.3, -0.25) is 15.0 Å². The van der Waals surface area contributed by atoms with Gasteiger partial charge < -0.3 is 10.4 Å². The van der Waals surface area contributed by atoms with Crippen molar-refractivity contribution in [3.05, 3.63) is 0 Å². The number of likely N-dealkylation sites (tertiary alicyclic amines) is 1. The van der Waals surface area contributed by atoms with Crippen LogP contribution in [0.3, 0.4) is 0 Å². The molecule has 1 aliphatic heterocycles. The molecule has 19 heavy (non-hydrogen) atoms. The van der Waals surface area contributed by atoms with E-state index < -0.39 is 6.03 Å². The molecular weight excluding hydrogens is 246 g/mol. The Morgan fingerprint density at radius 2 is 2.11 bits per heavy atom. The Labute approximate surface area is 114 Å². The van der Waals surface area contributed by atoms with E-state index in [9.17, 15) is 14.7 Å². The number of carbonyl (C=O) groups excluding carboxylic acids is 2. The zero-order valence-corrected chi connectivity index (χ0v) is 12.0. The molecule has 6 nitrogen and oxygen atoms in total. The topological polar surface area (TPSA) is 81.7 Å². The number of urea groups is 1. The van der Waals surface area contributed by atoms with Crippen LogP contribution in [0.4, 0.5) is 4.79 Å². The third-order valence-electron chi connectivity index (χ3n) is 3.75. The summed E-state index contributed by atoms with van der Waals surface area (Å²) in [6, 6.07) is -0.812. The van der Waals surface area contributed by atoms with Crippen LogP contribution in [-0.2, 0) is 4.79 Å². The van der Waals surface area contributed by atoms with Gasteiger partial charge in [0.2, 0.25) is 5.91 Å². The minimum Gasteiger partial charge on any atom is -0.393 e. The van der Waals surface area contributed by atoms with E-state index in [0.717, 1.165) is 6.42 Å². The Kier molecular flexibility index (Phi) is 6.24. The third-order valence-corrected chi connectivity index (χ3v) is 3.75. The number of nitrogens with zero attached hydrogens (tertiary/aromatic N) is 1. The summed E-state index contributed by atoms with van der Waals surface area (Å²) in [5.74, 6) is -0.0920. The third kappa shape index (κ3) is 4.47. The maximum Gasteiger partial charge on any atom is 0.321 e. The van der Waals surface area contributed by atoms with Gasteiger partial charge in [0.1, 0.15) is 0 Å². The molecule has 6 heteroatoms. The highest BCUT2D eigenvalue weighted by Crippen LogP contribution is 2.21. The lowest BCUT2D eigenvalue weighted by Gasteiger charge is -2.38. The van der Waals surface area contributed by atoms with Crippen LogP contribution in [0.25, 0.3) is 0 Å². The Balaban J connectivity index is 2.50. The predicted octanol–water partition coefficient (Wildman–Crippen LogP) is 0.313. The van der Waals surface area contributed by atoms with Gasteiger partial charge in [0.15, 0.2) is 0 Å². The minimum absolute atomic E-state index is 0.202. The molecule has 0 aliphatic carbocycles. The van der Waals surface area contributed by atoms with Gasteiger partial charge >= 0.3 is 6.03 Å². The van der Waals surface area contributed by atoms with Gasteiger partial charge in [-0.1, -0.05) is 6.92 Å². The van der Waals surface area contributed by atoms with E-state index in [0.29, 0.717) is 26.1 Å². The largest absolute Gasteiger partial charge is 0.393 e. The van der Waals surface area contributed by atoms with Crippen molar-refractivity contribution < 1.29 is 14.7 Å². The lowest BCUT2D eigenvalue weighted by Crippen LogP contribution is -2.54. The van der Waals surface area contributed by atoms with Crippen molar-refractivity contribution in [2.45, 2.75) is 45.8 Å². The maximum absolute atomic E-state index is 11.9. The van der Waals surface area contributed by atoms with E-state index in [2.05, 4.69) is 10.6 Å². The first-order chi connectivity index (χ1) is 8.99. The summed E-state index contributed by atoms with van der Waals surface area (Å²) >= 11 is 0. The van der Waals surface area contributed by atoms with E-state index in [1.807, 2.05) is 11.8 Å². The zero-order chi connectivity index (χ0) is 14.4. The molecule has 0 spiro atoms. The first kappa shape index (κ1) is 15.9. The number of piperidine rings is 1. The van der Waals surface area contributed by atoms with Gasteiger partial charge in [-0.2, -0.15) is 0 Å². The van der Waals surface area contributed by atoms with E-state index in [1.165, 1.54) is 0 Å². The summed E-state index contributed by atoms with van der Waals surface area (Å²) in [5.41, 5.74) is 0. The molecule has 1 saturated heterocycles. The van der Waals surface area contributed by atoms with Crippen molar-refractivity contribution in [3.8, 4) is 0 Å². The number of hydrogen-bond donors (Lipinski definition) is 3. The fourth-order valence-electron chi connectivity index (χ4n) is 2.39. The number of aliphatic hydroxyl groups excluding tert-OH is 1. The molecule has 3 N–H and O–H groups in total. The second-order valence-electron chi connectivity index (χ2n) is 5.04. The summed E-state index contributed by atoms with van der Waals surface area (Å²) in [6.07, 6.45) is 1.29. The molecule has 1 rings (SSSR count). The molecule has 3 amide bonds. The average Bonchev–Trinajstić information content (AvgIpc) is 2.38. The van der Waals surface area contributed by atoms with Crippen molar-refractivity contribution in [1.29, 1.82) is 0 Å². The van der Waals surface area contributed by atoms with E-state index >= 15 is 0 Å². The molecule has 0 saturated carbocycles. The predicted molar refractivity (Wildman–Crippen MR) is 72.7 cm³/mol. The van der Waals surface area contributed by atoms with Gasteiger partial charge in [-0.15, -0.1) is 0 Å². The molecule has 3 atom stereocenters. The molecule has 0 aromatic heterocycles. The van der Waals surface area contributed by atoms with Gasteiger partial charge in [-0.05, 0) is 32.6 Å². The van der Waals surface area contributed by atoms with Crippen LogP contribution in [0, 0.1) is 5.92 Å². The fraction of sp³-hybridized carbons (Fsp3) is 0.846. The fourth-order valence-corrected chi connectivity index (χ4v) is 2.39. The molecule has 0 radical (unpaired) electrons. The number of imide groups is 1. The van der Waals surface area contributed by atoms with Crippen molar-refractivity contribution >= 4 is 11.9 Å². The summed E-state index contributed by atoms with van der Waals surface area (Å²) in [7, 11) is 0. The Morgan fingerprint density at radius 1 is 1.42 bits per heavy atom. The SMILES string of the molecule is CCNC(=O)NC(=O)C(C)N1CCC(O)C(CC)C1. The standard InChI is InChI=1S/C13H25N3O3/c1-4-10-8-16(7-6-11(10)17)9(3)12(18)15-13(19)14-5-2/h9-11,17H,4-8H2,1-3H3,(H2,14,15,18,19). The van der Waals surface area contributed by atoms with Crippen molar-refractivity contribution in [2.24, 2.45) is 5.92 Å². The Hall–Kier alpha value is -1.14. The molecule has 1 heterocycles. The van der Waals surface area contributed by atoms with Crippen molar-refractivity contribution in [2.75, 3.05) is 19.6 Å². The van der Waals surface area contributed by atoms with Crippen LogP contribution in [-0.4, -0.2) is 53.7 Å². The molecular formula is C13H25N3O3. The highest BCUT2D eigenvalue weighted by molar-refractivity contribution is 5.96. The number of carbonyl (C=O) groups is 2. The number of amides is 3. The maximum atomic E-state index is 11.9. The van der Waals surface area contributed by atoms with Crippen LogP contribution in [0.1, 0.15) is 33.6 Å². The van der Waals surface area contributed by atoms with E-state index in [4.69, 9.17) is 0 Å². The summed E-state index contributed by atoms with van der Waals surface area (Å²) in [5, 5.41) is 14.7. The quantitative estimate of drug-likeness (QED) is 0.687. The van der Waals surface area contributed by atoms with E-state index in [-0.39, 0.29) is 24.0 Å². The second kappa shape index (κ2) is 7.45. The number of rotatable bonds is 4. The molecule has 1 fully saturated rings. The summed E-state index contributed by atoms with van der Waals surface area (Å²) < 4.78 is 0. The summed E-state index contributed by atoms with van der Waals surface area (Å²) in [4.78, 5) is 25.3. The molecule has 0 aromatic rings. The monoisotopic (exact) mass is 271 g/mol. The zero-order valence-electron chi connectivity index (χ0n) is 12.0. The lowest BCUT2D eigenvalue weighted by molar-refractivity contribution is -0.126.